The van der Waals surface area contributed by atoms with E-state index in [9.17, 15) is 48.3 Å². The number of likely N-dealkylation sites (N-methyl/N-ethyl adjacent to an activating group) is 7. The Labute approximate surface area is 509 Å². The lowest BCUT2D eigenvalue weighted by atomic mass is 9.91. The summed E-state index contributed by atoms with van der Waals surface area (Å²) in [5, 5.41) is 20.2. The van der Waals surface area contributed by atoms with Crippen LogP contribution in [0, 0.1) is 47.3 Å². The number of amides is 11. The zero-order chi connectivity index (χ0) is 66.6. The molecule has 0 aromatic carbocycles. The number of hydrogen-bond acceptors (Lipinski definition) is 12. The molecule has 0 bridgehead atoms. The molecule has 0 fully saturated rings. The minimum Gasteiger partial charge on any atom is -0.390 e. The summed E-state index contributed by atoms with van der Waals surface area (Å²) in [6.07, 6.45) is 2.98. The third-order valence-corrected chi connectivity index (χ3v) is 16.2. The predicted octanol–water partition coefficient (Wildman–Crippen LogP) is 3.50. The first kappa shape index (κ1) is 78.9. The van der Waals surface area contributed by atoms with Crippen molar-refractivity contribution in [2.45, 2.75) is 217 Å². The lowest BCUT2D eigenvalue weighted by molar-refractivity contribution is -0.157. The highest BCUT2D eigenvalue weighted by Gasteiger charge is 2.45. The van der Waals surface area contributed by atoms with Gasteiger partial charge < -0.3 is 61.1 Å². The number of primary amides is 1. The van der Waals surface area contributed by atoms with Gasteiger partial charge in [-0.2, -0.15) is 0 Å². The second-order valence-corrected chi connectivity index (χ2v) is 25.8. The lowest BCUT2D eigenvalue weighted by Gasteiger charge is -2.41. The SMILES string of the molecule is C/C=C\C[C@@H](C)[C@H](O)C(C(=O)N[C@H](CC)C(=O)N(C)CC(=O)N(C)[C@H](C(N)=O)C(C)C)N(C)C(=O)[C@@H](C(C)C)N(C)C(=O)[C@@H](CC(C)C)N(C)C(=O)[C@H](CC(C)C)N(C)C(=O)[C@H](C)NC(=O)[C@H](CC(C)C)NC(=O)[C@H](C)N(C)C(=O)[C@@H](C)C(C)C. The van der Waals surface area contributed by atoms with Gasteiger partial charge in [0.1, 0.15) is 54.4 Å². The maximum atomic E-state index is 15.1. The Kier molecular flexibility index (Phi) is 33.5. The van der Waals surface area contributed by atoms with Crippen molar-refractivity contribution in [1.29, 1.82) is 0 Å². The van der Waals surface area contributed by atoms with E-state index < -0.39 is 138 Å². The molecule has 23 heteroatoms. The molecule has 0 aromatic heterocycles. The zero-order valence-electron chi connectivity index (χ0n) is 56.4. The molecule has 23 nitrogen and oxygen atoms in total. The van der Waals surface area contributed by atoms with Gasteiger partial charge in [-0.1, -0.05) is 116 Å². The molecule has 11 amide bonds. The van der Waals surface area contributed by atoms with Crippen LogP contribution in [0.3, 0.4) is 0 Å². The van der Waals surface area contributed by atoms with E-state index in [0.29, 0.717) is 6.42 Å². The highest BCUT2D eigenvalue weighted by atomic mass is 16.3. The third kappa shape index (κ3) is 22.9. The molecule has 0 radical (unpaired) electrons. The number of carbonyl (C=O) groups is 11. The summed E-state index contributed by atoms with van der Waals surface area (Å²) in [5.41, 5.74) is 5.58. The highest BCUT2D eigenvalue weighted by molar-refractivity contribution is 5.98. The van der Waals surface area contributed by atoms with Crippen molar-refractivity contribution in [1.82, 2.24) is 50.2 Å². The first-order chi connectivity index (χ1) is 39.1. The quantitative estimate of drug-likeness (QED) is 0.0570. The van der Waals surface area contributed by atoms with E-state index >= 15 is 9.59 Å². The van der Waals surface area contributed by atoms with Crippen molar-refractivity contribution in [2.75, 3.05) is 55.9 Å². The Morgan fingerprint density at radius 3 is 1.34 bits per heavy atom. The van der Waals surface area contributed by atoms with Crippen molar-refractivity contribution >= 4 is 65.0 Å². The molecule has 488 valence electrons. The van der Waals surface area contributed by atoms with Gasteiger partial charge in [0.15, 0.2) is 0 Å². The fourth-order valence-electron chi connectivity index (χ4n) is 10.3. The molecule has 0 aliphatic carbocycles. The molecule has 1 unspecified atom stereocenters. The summed E-state index contributed by atoms with van der Waals surface area (Å²) >= 11 is 0. The van der Waals surface area contributed by atoms with Gasteiger partial charge in [-0.3, -0.25) is 52.7 Å². The number of nitrogens with one attached hydrogen (secondary N) is 3. The molecule has 6 N–H and O–H groups in total. The molecule has 0 aliphatic heterocycles. The van der Waals surface area contributed by atoms with Crippen LogP contribution >= 0.6 is 0 Å². The van der Waals surface area contributed by atoms with Crippen molar-refractivity contribution in [3.8, 4) is 0 Å². The monoisotopic (exact) mass is 1200 g/mol. The minimum absolute atomic E-state index is 0.0403. The van der Waals surface area contributed by atoms with E-state index in [2.05, 4.69) is 16.0 Å². The summed E-state index contributed by atoms with van der Waals surface area (Å²) in [6.45, 7) is 31.5. The van der Waals surface area contributed by atoms with E-state index in [1.54, 1.807) is 81.5 Å². The second kappa shape index (κ2) is 36.1. The lowest BCUT2D eigenvalue weighted by Crippen LogP contribution is -2.63. The van der Waals surface area contributed by atoms with Gasteiger partial charge in [-0.25, -0.2) is 0 Å². The molecular formula is C62H113N11O12. The molecule has 85 heavy (non-hydrogen) atoms. The van der Waals surface area contributed by atoms with Crippen LogP contribution in [0.4, 0.5) is 0 Å². The maximum Gasteiger partial charge on any atom is 0.246 e. The topological polar surface area (TPSA) is 293 Å². The van der Waals surface area contributed by atoms with E-state index in [4.69, 9.17) is 5.73 Å². The van der Waals surface area contributed by atoms with Gasteiger partial charge in [0.2, 0.25) is 65.0 Å². The largest absolute Gasteiger partial charge is 0.390 e. The summed E-state index contributed by atoms with van der Waals surface area (Å²) in [6, 6.07) is -10.5. The van der Waals surface area contributed by atoms with E-state index in [1.807, 2.05) is 55.4 Å². The van der Waals surface area contributed by atoms with E-state index in [1.165, 1.54) is 73.7 Å². The Balaban J connectivity index is 7.14. The van der Waals surface area contributed by atoms with Crippen LogP contribution in [0.15, 0.2) is 12.2 Å². The summed E-state index contributed by atoms with van der Waals surface area (Å²) in [5.74, 6) is -8.88. The van der Waals surface area contributed by atoms with Crippen molar-refractivity contribution < 1.29 is 57.8 Å². The van der Waals surface area contributed by atoms with Crippen LogP contribution in [0.1, 0.15) is 157 Å². The molecule has 0 aromatic rings. The number of aliphatic hydroxyl groups excluding tert-OH is 1. The van der Waals surface area contributed by atoms with Gasteiger partial charge in [-0.15, -0.1) is 0 Å². The van der Waals surface area contributed by atoms with Crippen LogP contribution in [0.5, 0.6) is 0 Å². The molecule has 0 saturated carbocycles. The summed E-state index contributed by atoms with van der Waals surface area (Å²) in [7, 11) is 10.0. The predicted molar refractivity (Wildman–Crippen MR) is 330 cm³/mol. The number of nitrogens with two attached hydrogens (primary N) is 1. The average molecular weight is 1200 g/mol. The Hall–Kier alpha value is -6.13. The Bertz CT molecular complexity index is 2290. The molecule has 0 saturated heterocycles. The van der Waals surface area contributed by atoms with Gasteiger partial charge in [0, 0.05) is 55.3 Å². The minimum atomic E-state index is -1.60. The number of allylic oxidation sites excluding steroid dienone is 2. The number of hydrogen-bond donors (Lipinski definition) is 5. The molecular weight excluding hydrogens is 1090 g/mol. The first-order valence-electron chi connectivity index (χ1n) is 30.4. The van der Waals surface area contributed by atoms with E-state index in [-0.39, 0.29) is 67.1 Å². The standard InChI is InChI=1S/C62H113N11O12/c1-26-28-29-40(15)52(75)51(56(79)65-44(27-2)59(82)67(19)33-48(74)71(23)49(38(11)12)53(63)76)73(25)62(85)50(39(13)14)72(24)61(84)47(32-36(7)8)70(22)60(83)46(31-35(5)6)69(21)58(81)42(17)64-55(78)45(30-34(3)4)66-54(77)43(18)68(20)57(80)41(16)37(9)10/h26,28,34-47,49-52,75H,27,29-33H2,1-25H3,(H2,63,76)(H,64,78)(H,65,79)(H,66,77)/b28-26-/t40-,41+,42+,43+,44-,45+,46+,47-,49+,50-,51?,52+/m1/s1. The Morgan fingerprint density at radius 1 is 0.471 bits per heavy atom. The van der Waals surface area contributed by atoms with Gasteiger partial charge in [0.25, 0.3) is 0 Å². The van der Waals surface area contributed by atoms with Crippen LogP contribution in [0.2, 0.25) is 0 Å². The second-order valence-electron chi connectivity index (χ2n) is 25.8. The van der Waals surface area contributed by atoms with Crippen LogP contribution in [-0.2, 0) is 52.7 Å². The van der Waals surface area contributed by atoms with Crippen molar-refractivity contribution in [2.24, 2.45) is 53.1 Å². The fraction of sp³-hybridized carbons (Fsp3) is 0.790. The molecule has 12 atom stereocenters. The highest BCUT2D eigenvalue weighted by Crippen LogP contribution is 2.25. The summed E-state index contributed by atoms with van der Waals surface area (Å²) < 4.78 is 0. The van der Waals surface area contributed by atoms with Crippen LogP contribution in [-0.4, -0.2) is 221 Å². The fourth-order valence-corrected chi connectivity index (χ4v) is 10.3. The molecule has 0 rings (SSSR count). The van der Waals surface area contributed by atoms with Gasteiger partial charge in [0.05, 0.1) is 12.6 Å². The number of aliphatic hydroxyl groups is 1. The number of nitrogens with zero attached hydrogens (tertiary/aromatic N) is 7. The van der Waals surface area contributed by atoms with Crippen molar-refractivity contribution in [3.05, 3.63) is 12.2 Å². The van der Waals surface area contributed by atoms with Crippen LogP contribution < -0.4 is 21.7 Å². The zero-order valence-corrected chi connectivity index (χ0v) is 56.4. The normalized spacial score (nSPS) is 16.0. The van der Waals surface area contributed by atoms with Crippen LogP contribution in [0.25, 0.3) is 0 Å². The van der Waals surface area contributed by atoms with E-state index in [0.717, 1.165) is 9.80 Å². The van der Waals surface area contributed by atoms with Gasteiger partial charge in [-0.05, 0) is 94.3 Å². The van der Waals surface area contributed by atoms with Crippen molar-refractivity contribution in [3.63, 3.8) is 0 Å². The number of rotatable bonds is 35. The number of carbonyl (C=O) groups excluding carboxylic acids is 11. The third-order valence-electron chi connectivity index (χ3n) is 16.2. The smallest absolute Gasteiger partial charge is 0.246 e. The maximum absolute atomic E-state index is 15.1. The molecule has 0 aliphatic rings. The first-order valence-corrected chi connectivity index (χ1v) is 30.4. The average Bonchev–Trinajstić information content (AvgIpc) is 2.48. The summed E-state index contributed by atoms with van der Waals surface area (Å²) in [4.78, 5) is 163. The molecule has 0 spiro atoms. The molecule has 0 heterocycles. The Morgan fingerprint density at radius 2 is 0.918 bits per heavy atom. The van der Waals surface area contributed by atoms with Gasteiger partial charge >= 0.3 is 0 Å².